The number of hydrogen-bond donors (Lipinski definition) is 0. The normalized spacial score (nSPS) is 12.2. The Kier molecular flexibility index (Phi) is 6.94. The highest BCUT2D eigenvalue weighted by molar-refractivity contribution is 5.78. The van der Waals surface area contributed by atoms with Gasteiger partial charge in [0.25, 0.3) is 5.91 Å². The highest BCUT2D eigenvalue weighted by atomic mass is 16.6. The molecule has 0 radical (unpaired) electrons. The zero-order chi connectivity index (χ0) is 20.6. The van der Waals surface area contributed by atoms with Gasteiger partial charge in [0.2, 0.25) is 0 Å². The Hall–Kier alpha value is -3.22. The summed E-state index contributed by atoms with van der Waals surface area (Å²) in [4.78, 5) is 25.3. The summed E-state index contributed by atoms with van der Waals surface area (Å²) in [7, 11) is 0. The van der Waals surface area contributed by atoms with E-state index in [0.29, 0.717) is 55.7 Å². The molecule has 0 atom stereocenters. The molecule has 1 aliphatic rings. The Morgan fingerprint density at radius 3 is 2.55 bits per heavy atom. The number of amides is 1. The molecule has 7 heteroatoms. The van der Waals surface area contributed by atoms with Crippen molar-refractivity contribution in [1.82, 2.24) is 4.90 Å². The topological polar surface area (TPSA) is 74.3 Å². The maximum Gasteiger partial charge on any atom is 0.260 e. The number of fused-ring (bicyclic) bond motifs is 1. The van der Waals surface area contributed by atoms with Crippen molar-refractivity contribution >= 4 is 12.2 Å². The zero-order valence-corrected chi connectivity index (χ0v) is 16.7. The van der Waals surface area contributed by atoms with Crippen LogP contribution >= 0.6 is 0 Å². The van der Waals surface area contributed by atoms with Crippen LogP contribution in [0.5, 0.6) is 23.0 Å². The molecule has 0 unspecified atom stereocenters. The molecule has 0 spiro atoms. The second-order valence-corrected chi connectivity index (χ2v) is 6.43. The van der Waals surface area contributed by atoms with Gasteiger partial charge >= 0.3 is 0 Å². The van der Waals surface area contributed by atoms with E-state index >= 15 is 0 Å². The van der Waals surface area contributed by atoms with Gasteiger partial charge in [-0.25, -0.2) is 0 Å². The first kappa shape index (κ1) is 20.5. The molecule has 0 saturated carbocycles. The number of carbonyl (C=O) groups excluding carboxylic acids is 2. The van der Waals surface area contributed by atoms with Gasteiger partial charge in [-0.15, -0.1) is 0 Å². The summed E-state index contributed by atoms with van der Waals surface area (Å²) < 4.78 is 22.3. The van der Waals surface area contributed by atoms with Crippen LogP contribution in [0.4, 0.5) is 0 Å². The molecule has 0 aromatic heterocycles. The van der Waals surface area contributed by atoms with Crippen molar-refractivity contribution < 1.29 is 28.5 Å². The van der Waals surface area contributed by atoms with Crippen LogP contribution in [0, 0.1) is 0 Å². The quantitative estimate of drug-likeness (QED) is 0.603. The van der Waals surface area contributed by atoms with E-state index in [4.69, 9.17) is 18.9 Å². The van der Waals surface area contributed by atoms with Gasteiger partial charge in [0.15, 0.2) is 29.6 Å². The van der Waals surface area contributed by atoms with Gasteiger partial charge in [-0.3, -0.25) is 9.59 Å². The van der Waals surface area contributed by atoms with Gasteiger partial charge in [-0.05, 0) is 49.7 Å². The summed E-state index contributed by atoms with van der Waals surface area (Å²) >= 11 is 0. The average molecular weight is 399 g/mol. The zero-order valence-electron chi connectivity index (χ0n) is 16.7. The van der Waals surface area contributed by atoms with Crippen LogP contribution in [0.1, 0.15) is 29.8 Å². The summed E-state index contributed by atoms with van der Waals surface area (Å²) in [5, 5.41) is 0. The molecule has 0 fully saturated rings. The van der Waals surface area contributed by atoms with E-state index in [-0.39, 0.29) is 12.5 Å². The Bertz CT molecular complexity index is 866. The first-order chi connectivity index (χ1) is 14.1. The minimum atomic E-state index is -0.149. The van der Waals surface area contributed by atoms with Gasteiger partial charge in [0.05, 0.1) is 6.61 Å². The van der Waals surface area contributed by atoms with Crippen LogP contribution in [0.15, 0.2) is 36.4 Å². The largest absolute Gasteiger partial charge is 0.490 e. The van der Waals surface area contributed by atoms with Crippen LogP contribution in [-0.4, -0.2) is 50.1 Å². The fourth-order valence-electron chi connectivity index (χ4n) is 3.00. The van der Waals surface area contributed by atoms with Crippen LogP contribution in [0.3, 0.4) is 0 Å². The summed E-state index contributed by atoms with van der Waals surface area (Å²) in [6.07, 6.45) is 0.740. The molecular formula is C22H25NO6. The number of carbonyl (C=O) groups is 2. The molecule has 0 aliphatic carbocycles. The molecular weight excluding hydrogens is 374 g/mol. The Morgan fingerprint density at radius 1 is 1.03 bits per heavy atom. The Labute approximate surface area is 170 Å². The van der Waals surface area contributed by atoms with Crippen molar-refractivity contribution in [2.24, 2.45) is 0 Å². The van der Waals surface area contributed by atoms with E-state index in [1.807, 2.05) is 32.0 Å². The Morgan fingerprint density at radius 2 is 1.83 bits per heavy atom. The van der Waals surface area contributed by atoms with Crippen molar-refractivity contribution in [2.45, 2.75) is 20.4 Å². The number of aldehydes is 1. The first-order valence-electron chi connectivity index (χ1n) is 9.65. The fraction of sp³-hybridized carbons (Fsp3) is 0.364. The van der Waals surface area contributed by atoms with Crippen molar-refractivity contribution in [2.75, 3.05) is 33.0 Å². The van der Waals surface area contributed by atoms with Crippen LogP contribution in [-0.2, 0) is 11.3 Å². The van der Waals surface area contributed by atoms with E-state index in [0.717, 1.165) is 17.6 Å². The van der Waals surface area contributed by atoms with Gasteiger partial charge in [0.1, 0.15) is 19.5 Å². The predicted molar refractivity (Wildman–Crippen MR) is 107 cm³/mol. The summed E-state index contributed by atoms with van der Waals surface area (Å²) in [6.45, 7) is 6.11. The molecule has 7 nitrogen and oxygen atoms in total. The SMILES string of the molecule is CCOc1cc(C=O)ccc1OCC(=O)N(CC)Cc1ccc2c(c1)OCCO2. The second-order valence-electron chi connectivity index (χ2n) is 6.43. The van der Waals surface area contributed by atoms with E-state index in [1.54, 1.807) is 23.1 Å². The minimum Gasteiger partial charge on any atom is -0.490 e. The number of ether oxygens (including phenoxy) is 4. The van der Waals surface area contributed by atoms with Gasteiger partial charge in [0, 0.05) is 18.7 Å². The van der Waals surface area contributed by atoms with Gasteiger partial charge in [-0.2, -0.15) is 0 Å². The molecule has 0 N–H and O–H groups in total. The lowest BCUT2D eigenvalue weighted by atomic mass is 10.1. The summed E-state index contributed by atoms with van der Waals surface area (Å²) in [5.74, 6) is 2.15. The Balaban J connectivity index is 1.64. The molecule has 29 heavy (non-hydrogen) atoms. The number of benzene rings is 2. The smallest absolute Gasteiger partial charge is 0.260 e. The van der Waals surface area contributed by atoms with E-state index < -0.39 is 0 Å². The standard InChI is InChI=1S/C22H25NO6/c1-3-23(13-16-5-7-18-21(11-16)28-10-9-27-18)22(25)15-29-19-8-6-17(14-24)12-20(19)26-4-2/h5-8,11-12,14H,3-4,9-10,13,15H2,1-2H3. The van der Waals surface area contributed by atoms with Crippen molar-refractivity contribution in [3.63, 3.8) is 0 Å². The number of likely N-dealkylation sites (N-methyl/N-ethyl adjacent to an activating group) is 1. The lowest BCUT2D eigenvalue weighted by Crippen LogP contribution is -2.34. The average Bonchev–Trinajstić information content (AvgIpc) is 2.76. The van der Waals surface area contributed by atoms with Crippen LogP contribution in [0.25, 0.3) is 0 Å². The van der Waals surface area contributed by atoms with Gasteiger partial charge in [-0.1, -0.05) is 6.07 Å². The third-order valence-electron chi connectivity index (χ3n) is 4.47. The van der Waals surface area contributed by atoms with Crippen LogP contribution < -0.4 is 18.9 Å². The fourth-order valence-corrected chi connectivity index (χ4v) is 3.00. The molecule has 0 bridgehead atoms. The van der Waals surface area contributed by atoms with E-state index in [2.05, 4.69) is 0 Å². The highest BCUT2D eigenvalue weighted by Crippen LogP contribution is 2.31. The molecule has 2 aromatic carbocycles. The molecule has 1 heterocycles. The minimum absolute atomic E-state index is 0.126. The third kappa shape index (κ3) is 5.19. The van der Waals surface area contributed by atoms with E-state index in [9.17, 15) is 9.59 Å². The van der Waals surface area contributed by atoms with Crippen molar-refractivity contribution in [3.05, 3.63) is 47.5 Å². The second kappa shape index (κ2) is 9.82. The van der Waals surface area contributed by atoms with Crippen molar-refractivity contribution in [1.29, 1.82) is 0 Å². The molecule has 3 rings (SSSR count). The lowest BCUT2D eigenvalue weighted by molar-refractivity contribution is -0.133. The van der Waals surface area contributed by atoms with Crippen molar-refractivity contribution in [3.8, 4) is 23.0 Å². The molecule has 2 aromatic rings. The maximum atomic E-state index is 12.7. The molecule has 1 amide bonds. The summed E-state index contributed by atoms with van der Waals surface area (Å²) in [6, 6.07) is 10.6. The number of rotatable bonds is 9. The predicted octanol–water partition coefficient (Wildman–Crippen LogP) is 3.10. The number of hydrogen-bond acceptors (Lipinski definition) is 6. The summed E-state index contributed by atoms with van der Waals surface area (Å²) in [5.41, 5.74) is 1.44. The highest BCUT2D eigenvalue weighted by Gasteiger charge is 2.17. The molecule has 154 valence electrons. The maximum absolute atomic E-state index is 12.7. The first-order valence-corrected chi connectivity index (χ1v) is 9.65. The third-order valence-corrected chi connectivity index (χ3v) is 4.47. The monoisotopic (exact) mass is 399 g/mol. The lowest BCUT2D eigenvalue weighted by Gasteiger charge is -2.23. The van der Waals surface area contributed by atoms with Gasteiger partial charge < -0.3 is 23.8 Å². The molecule has 1 aliphatic heterocycles. The van der Waals surface area contributed by atoms with E-state index in [1.165, 1.54) is 0 Å². The van der Waals surface area contributed by atoms with Crippen LogP contribution in [0.2, 0.25) is 0 Å². The molecule has 0 saturated heterocycles. The number of nitrogens with zero attached hydrogens (tertiary/aromatic N) is 1.